The third-order valence-electron chi connectivity index (χ3n) is 0.218. The summed E-state index contributed by atoms with van der Waals surface area (Å²) in [6.45, 7) is 0. The average molecular weight is 213 g/mol. The molecule has 0 aromatic carbocycles. The van der Waals surface area contributed by atoms with Gasteiger partial charge in [-0.15, -0.1) is 0 Å². The Hall–Kier alpha value is 0.559. The van der Waals surface area contributed by atoms with Crippen molar-refractivity contribution in [3.63, 3.8) is 0 Å². The van der Waals surface area contributed by atoms with E-state index in [1.807, 2.05) is 0 Å². The Labute approximate surface area is 49.4 Å². The molecule has 0 bridgehead atoms. The van der Waals surface area contributed by atoms with E-state index < -0.39 is 26.0 Å². The Bertz CT molecular complexity index is 55.5. The Balaban J connectivity index is 2.83. The van der Waals surface area contributed by atoms with Crippen LogP contribution < -0.4 is 0 Å². The number of halogens is 1. The van der Waals surface area contributed by atoms with Crippen LogP contribution in [0.2, 0.25) is 4.44 Å². The van der Waals surface area contributed by atoms with Crippen molar-refractivity contribution in [3.05, 3.63) is 0 Å². The predicted molar refractivity (Wildman–Crippen MR) is 24.0 cm³/mol. The third kappa shape index (κ3) is 4.56. The number of hydrogen-bond acceptors (Lipinski definition) is 1. The maximum atomic E-state index is 9.56. The summed E-state index contributed by atoms with van der Waals surface area (Å²) in [4.78, 5) is 9.56. The van der Waals surface area contributed by atoms with Gasteiger partial charge in [-0.05, 0) is 0 Å². The quantitative estimate of drug-likeness (QED) is 0.672. The van der Waals surface area contributed by atoms with Gasteiger partial charge in [0.1, 0.15) is 0 Å². The van der Waals surface area contributed by atoms with Crippen molar-refractivity contribution in [1.82, 2.24) is 0 Å². The van der Waals surface area contributed by atoms with Crippen LogP contribution in [0.5, 0.6) is 0 Å². The van der Waals surface area contributed by atoms with Crippen molar-refractivity contribution in [2.45, 2.75) is 4.44 Å². The minimum atomic E-state index is -0.977. The van der Waals surface area contributed by atoms with Crippen molar-refractivity contribution in [2.75, 3.05) is 0 Å². The molecule has 6 heavy (non-hydrogen) atoms. The second kappa shape index (κ2) is 3.74. The van der Waals surface area contributed by atoms with Crippen molar-refractivity contribution in [2.24, 2.45) is 0 Å². The van der Waals surface area contributed by atoms with Gasteiger partial charge in [0, 0.05) is 0 Å². The molecule has 0 amide bonds. The Morgan fingerprint density at radius 1 is 2.00 bits per heavy atom. The van der Waals surface area contributed by atoms with E-state index in [0.717, 1.165) is 0 Å². The second-order valence-corrected chi connectivity index (χ2v) is 4.27. The van der Waals surface area contributed by atoms with Gasteiger partial charge in [-0.3, -0.25) is 0 Å². The molecule has 0 aromatic rings. The van der Waals surface area contributed by atoms with Gasteiger partial charge in [0.15, 0.2) is 0 Å². The molecule has 2 nitrogen and oxygen atoms in total. The van der Waals surface area contributed by atoms with E-state index in [1.165, 1.54) is 0 Å². The zero-order valence-electron chi connectivity index (χ0n) is 2.94. The number of hydrogen-bond donors (Lipinski definition) is 1. The van der Waals surface area contributed by atoms with Crippen LogP contribution in [0, 0.1) is 0 Å². The fourth-order valence-electron chi connectivity index (χ4n) is 0.0572. The van der Waals surface area contributed by atoms with Gasteiger partial charge in [0.05, 0.1) is 0 Å². The Morgan fingerprint density at radius 3 is 2.50 bits per heavy atom. The number of carboxylic acid groups (broad SMARTS) is 1. The summed E-state index contributed by atoms with van der Waals surface area (Å²) >= 11 is -0.977. The molecule has 0 aliphatic heterocycles. The van der Waals surface area contributed by atoms with Crippen LogP contribution in [-0.2, 0) is 4.79 Å². The van der Waals surface area contributed by atoms with Gasteiger partial charge in [0.25, 0.3) is 0 Å². The van der Waals surface area contributed by atoms with E-state index in [0.29, 0.717) is 0 Å². The fraction of sp³-hybridized carbons (Fsp3) is 0.500. The summed E-state index contributed by atoms with van der Waals surface area (Å²) in [5.74, 6) is -0.767. The molecule has 0 spiro atoms. The van der Waals surface area contributed by atoms with Crippen molar-refractivity contribution < 1.29 is 9.90 Å². The van der Waals surface area contributed by atoms with E-state index in [9.17, 15) is 4.79 Å². The van der Waals surface area contributed by atoms with Crippen molar-refractivity contribution in [3.8, 4) is 0 Å². The molecule has 0 unspecified atom stereocenters. The van der Waals surface area contributed by atoms with Gasteiger partial charge in [-0.1, -0.05) is 0 Å². The van der Waals surface area contributed by atoms with Crippen LogP contribution in [0.3, 0.4) is 0 Å². The number of aliphatic carboxylic acids is 1. The summed E-state index contributed by atoms with van der Waals surface area (Å²) in [7, 11) is 5.19. The molecule has 0 aliphatic carbocycles. The van der Waals surface area contributed by atoms with Crippen LogP contribution in [0.25, 0.3) is 0 Å². The molecular formula is C2H3ClO2Sn. The zero-order chi connectivity index (χ0) is 4.99. The molecule has 2 radical (unpaired) electrons. The Kier molecular flexibility index (Phi) is 4.09. The third-order valence-corrected chi connectivity index (χ3v) is 2.36. The van der Waals surface area contributed by atoms with E-state index >= 15 is 0 Å². The molecule has 0 fully saturated rings. The van der Waals surface area contributed by atoms with E-state index in [2.05, 4.69) is 0 Å². The summed E-state index contributed by atoms with van der Waals surface area (Å²) in [5, 5.41) is 7.87. The maximum absolute atomic E-state index is 9.56. The van der Waals surface area contributed by atoms with E-state index in [-0.39, 0.29) is 4.44 Å². The fourth-order valence-corrected chi connectivity index (χ4v) is 1.15. The molecule has 34 valence electrons. The average Bonchev–Trinajstić information content (AvgIpc) is 1.35. The van der Waals surface area contributed by atoms with Crippen LogP contribution in [0.15, 0.2) is 0 Å². The molecule has 0 saturated carbocycles. The first-order chi connectivity index (χ1) is 2.77. The monoisotopic (exact) mass is 214 g/mol. The molecule has 0 rings (SSSR count). The number of carbonyl (C=O) groups is 1. The van der Waals surface area contributed by atoms with Crippen molar-refractivity contribution >= 4 is 34.9 Å². The molecule has 0 aromatic heterocycles. The zero-order valence-corrected chi connectivity index (χ0v) is 6.55. The normalized spacial score (nSPS) is 8.17. The van der Waals surface area contributed by atoms with Crippen LogP contribution >= 0.6 is 8.92 Å². The topological polar surface area (TPSA) is 37.3 Å². The molecule has 1 N–H and O–H groups in total. The molecule has 0 heterocycles. The van der Waals surface area contributed by atoms with Gasteiger partial charge in [-0.2, -0.15) is 0 Å². The summed E-state index contributed by atoms with van der Waals surface area (Å²) < 4.78 is 0.227. The van der Waals surface area contributed by atoms with Gasteiger partial charge >= 0.3 is 49.2 Å². The number of carboxylic acids is 1. The SMILES string of the molecule is O=C(O)[CH2][Sn][Cl]. The van der Waals surface area contributed by atoms with Crippen molar-refractivity contribution in [1.29, 1.82) is 0 Å². The summed E-state index contributed by atoms with van der Waals surface area (Å²) in [5.41, 5.74) is 0. The predicted octanol–water partition coefficient (Wildman–Crippen LogP) is 0.347. The molecule has 0 atom stereocenters. The molecule has 0 saturated heterocycles. The van der Waals surface area contributed by atoms with Gasteiger partial charge in [-0.25, -0.2) is 0 Å². The number of rotatable bonds is 2. The second-order valence-electron chi connectivity index (χ2n) is 0.704. The van der Waals surface area contributed by atoms with Crippen LogP contribution in [0.1, 0.15) is 0 Å². The summed E-state index contributed by atoms with van der Waals surface area (Å²) in [6.07, 6.45) is 0. The summed E-state index contributed by atoms with van der Waals surface area (Å²) in [6, 6.07) is 0. The molecular weight excluding hydrogens is 210 g/mol. The minimum absolute atomic E-state index is 0.227. The van der Waals surface area contributed by atoms with Crippen LogP contribution in [-0.4, -0.2) is 31.1 Å². The Morgan fingerprint density at radius 2 is 2.50 bits per heavy atom. The molecule has 0 aliphatic rings. The van der Waals surface area contributed by atoms with E-state index in [1.54, 1.807) is 0 Å². The van der Waals surface area contributed by atoms with Crippen LogP contribution in [0.4, 0.5) is 0 Å². The standard InChI is InChI=1S/C2H3O2.ClH.Sn/c1-2(3)4;;/h1H2,(H,3,4);1H;/q;;+1/p-1. The van der Waals surface area contributed by atoms with E-state index in [4.69, 9.17) is 14.0 Å². The van der Waals surface area contributed by atoms with Gasteiger partial charge in [0.2, 0.25) is 0 Å². The van der Waals surface area contributed by atoms with Gasteiger partial charge < -0.3 is 0 Å². The first-order valence-electron chi connectivity index (χ1n) is 1.32. The first kappa shape index (κ1) is 6.56. The molecule has 4 heteroatoms. The first-order valence-corrected chi connectivity index (χ1v) is 6.96.